The first-order valence-electron chi connectivity index (χ1n) is 11.8. The van der Waals surface area contributed by atoms with Crippen LogP contribution >= 0.6 is 0 Å². The van der Waals surface area contributed by atoms with Gasteiger partial charge in [0.2, 0.25) is 0 Å². The van der Waals surface area contributed by atoms with Gasteiger partial charge in [0.1, 0.15) is 23.4 Å². The molecule has 2 aliphatic carbocycles. The highest BCUT2D eigenvalue weighted by Crippen LogP contribution is 2.49. The Morgan fingerprint density at radius 3 is 2.54 bits per heavy atom. The van der Waals surface area contributed by atoms with E-state index in [2.05, 4.69) is 6.58 Å². The van der Waals surface area contributed by atoms with E-state index >= 15 is 0 Å². The average molecular weight is 477 g/mol. The predicted octanol–water partition coefficient (Wildman–Crippen LogP) is 7.13. The number of carbonyl (C=O) groups excluding carboxylic acids is 1. The van der Waals surface area contributed by atoms with Crippen LogP contribution in [0.3, 0.4) is 0 Å². The molecular formula is C29H26F2O4. The van der Waals surface area contributed by atoms with Crippen LogP contribution in [0.25, 0.3) is 6.08 Å². The lowest BCUT2D eigenvalue weighted by molar-refractivity contribution is -0.144. The van der Waals surface area contributed by atoms with E-state index in [4.69, 9.17) is 14.2 Å². The highest BCUT2D eigenvalue weighted by atomic mass is 19.1. The molecule has 1 saturated carbocycles. The zero-order chi connectivity index (χ0) is 24.5. The van der Waals surface area contributed by atoms with Gasteiger partial charge >= 0.3 is 5.97 Å². The van der Waals surface area contributed by atoms with E-state index in [1.54, 1.807) is 25.1 Å². The quantitative estimate of drug-likeness (QED) is 0.324. The molecule has 2 aliphatic rings. The van der Waals surface area contributed by atoms with Crippen LogP contribution in [0.1, 0.15) is 54.0 Å². The fourth-order valence-electron chi connectivity index (χ4n) is 4.73. The second-order valence-electron chi connectivity index (χ2n) is 8.85. The predicted molar refractivity (Wildman–Crippen MR) is 129 cm³/mol. The van der Waals surface area contributed by atoms with Crippen molar-refractivity contribution in [2.45, 2.75) is 38.2 Å². The molecular weight excluding hydrogens is 450 g/mol. The summed E-state index contributed by atoms with van der Waals surface area (Å²) in [5, 5.41) is 0. The maximum atomic E-state index is 14.8. The molecule has 0 saturated heterocycles. The van der Waals surface area contributed by atoms with Gasteiger partial charge in [-0.2, -0.15) is 0 Å². The monoisotopic (exact) mass is 476 g/mol. The van der Waals surface area contributed by atoms with Gasteiger partial charge in [-0.15, -0.1) is 0 Å². The summed E-state index contributed by atoms with van der Waals surface area (Å²) in [5.41, 5.74) is 2.85. The minimum atomic E-state index is -0.507. The molecule has 0 aromatic heterocycles. The zero-order valence-corrected chi connectivity index (χ0v) is 19.4. The molecule has 6 heteroatoms. The molecule has 1 fully saturated rings. The second kappa shape index (κ2) is 9.53. The van der Waals surface area contributed by atoms with Crippen LogP contribution < -0.4 is 9.47 Å². The van der Waals surface area contributed by atoms with Gasteiger partial charge in [-0.1, -0.05) is 30.9 Å². The Morgan fingerprint density at radius 1 is 1.06 bits per heavy atom. The van der Waals surface area contributed by atoms with Crippen LogP contribution in [0.15, 0.2) is 61.2 Å². The number of ether oxygens (including phenoxy) is 3. The van der Waals surface area contributed by atoms with Crippen LogP contribution in [-0.2, 0) is 16.0 Å². The van der Waals surface area contributed by atoms with Crippen molar-refractivity contribution in [3.63, 3.8) is 0 Å². The van der Waals surface area contributed by atoms with E-state index in [1.165, 1.54) is 18.2 Å². The van der Waals surface area contributed by atoms with Crippen molar-refractivity contribution in [2.24, 2.45) is 5.92 Å². The first-order valence-corrected chi connectivity index (χ1v) is 11.8. The fourth-order valence-corrected chi connectivity index (χ4v) is 4.73. The number of esters is 1. The third-order valence-electron chi connectivity index (χ3n) is 6.62. The first kappa shape index (κ1) is 23.1. The summed E-state index contributed by atoms with van der Waals surface area (Å²) in [6, 6.07) is 15.0. The molecule has 0 heterocycles. The van der Waals surface area contributed by atoms with Gasteiger partial charge in [0.15, 0.2) is 11.6 Å². The second-order valence-corrected chi connectivity index (χ2v) is 8.85. The molecule has 3 atom stereocenters. The Labute approximate surface area is 203 Å². The Balaban J connectivity index is 1.30. The molecule has 0 radical (unpaired) electrons. The van der Waals surface area contributed by atoms with E-state index in [-0.39, 0.29) is 29.4 Å². The number of hydrogen-bond donors (Lipinski definition) is 0. The average Bonchev–Trinajstić information content (AvgIpc) is 3.56. The lowest BCUT2D eigenvalue weighted by Gasteiger charge is -2.17. The Morgan fingerprint density at radius 2 is 1.83 bits per heavy atom. The van der Waals surface area contributed by atoms with Crippen molar-refractivity contribution in [1.82, 2.24) is 0 Å². The number of halogens is 2. The van der Waals surface area contributed by atoms with Gasteiger partial charge in [-0.3, -0.25) is 4.79 Å². The van der Waals surface area contributed by atoms with Gasteiger partial charge in [0, 0.05) is 11.1 Å². The van der Waals surface area contributed by atoms with Crippen LogP contribution in [0.4, 0.5) is 8.78 Å². The highest BCUT2D eigenvalue weighted by molar-refractivity contribution is 5.77. The SMILES string of the molecule is C=Cc1ccc(Oc2ccc(F)c3c2CC[C@H]3Oc2ccc([C@H]3C[C@@H]3C(=O)OCC)cc2)c(F)c1. The van der Waals surface area contributed by atoms with Crippen LogP contribution in [0.5, 0.6) is 17.2 Å². The number of benzene rings is 3. The molecule has 0 aliphatic heterocycles. The van der Waals surface area contributed by atoms with E-state index in [1.807, 2.05) is 24.3 Å². The molecule has 3 aromatic rings. The zero-order valence-electron chi connectivity index (χ0n) is 19.4. The van der Waals surface area contributed by atoms with Gasteiger partial charge in [-0.05, 0) is 79.6 Å². The number of hydrogen-bond acceptors (Lipinski definition) is 4. The van der Waals surface area contributed by atoms with Gasteiger partial charge < -0.3 is 14.2 Å². The number of rotatable bonds is 8. The molecule has 3 aromatic carbocycles. The van der Waals surface area contributed by atoms with Crippen molar-refractivity contribution < 1.29 is 27.8 Å². The molecule has 180 valence electrons. The maximum absolute atomic E-state index is 14.8. The van der Waals surface area contributed by atoms with Crippen LogP contribution in [0.2, 0.25) is 0 Å². The minimum Gasteiger partial charge on any atom is -0.486 e. The summed E-state index contributed by atoms with van der Waals surface area (Å²) < 4.78 is 46.3. The van der Waals surface area contributed by atoms with Crippen LogP contribution in [0, 0.1) is 17.6 Å². The lowest BCUT2D eigenvalue weighted by atomic mass is 10.1. The molecule has 4 nitrogen and oxygen atoms in total. The minimum absolute atomic E-state index is 0.0746. The smallest absolute Gasteiger partial charge is 0.309 e. The Hall–Kier alpha value is -3.67. The summed E-state index contributed by atoms with van der Waals surface area (Å²) >= 11 is 0. The fraction of sp³-hybridized carbons (Fsp3) is 0.276. The lowest BCUT2D eigenvalue weighted by Crippen LogP contribution is -2.07. The molecule has 0 spiro atoms. The van der Waals surface area contributed by atoms with Crippen LogP contribution in [-0.4, -0.2) is 12.6 Å². The summed E-state index contributed by atoms with van der Waals surface area (Å²) in [7, 11) is 0. The summed E-state index contributed by atoms with van der Waals surface area (Å²) in [6.07, 6.45) is 3.02. The van der Waals surface area contributed by atoms with Crippen molar-refractivity contribution in [1.29, 1.82) is 0 Å². The molecule has 0 unspecified atom stereocenters. The van der Waals surface area contributed by atoms with Crippen molar-refractivity contribution in [3.8, 4) is 17.2 Å². The molecule has 0 bridgehead atoms. The standard InChI is InChI=1S/C29H26F2O4/c1-3-17-5-12-26(24(31)15-17)35-25-14-11-23(30)28-20(25)10-13-27(28)34-19-8-6-18(7-9-19)21-16-22(21)29(32)33-4-2/h3,5-9,11-12,14-15,21-22,27H,1,4,10,13,16H2,2H3/t21-,22+,27-/m1/s1. The van der Waals surface area contributed by atoms with E-state index in [9.17, 15) is 13.6 Å². The molecule has 0 N–H and O–H groups in total. The van der Waals surface area contributed by atoms with E-state index in [0.717, 1.165) is 12.0 Å². The normalized spacial score (nSPS) is 20.1. The maximum Gasteiger partial charge on any atom is 0.309 e. The number of carbonyl (C=O) groups is 1. The summed E-state index contributed by atoms with van der Waals surface area (Å²) in [6.45, 7) is 5.83. The van der Waals surface area contributed by atoms with Crippen molar-refractivity contribution in [3.05, 3.63) is 95.1 Å². The third kappa shape index (κ3) is 4.65. The first-order chi connectivity index (χ1) is 17.0. The Kier molecular flexibility index (Phi) is 6.29. The molecule has 35 heavy (non-hydrogen) atoms. The molecule has 0 amide bonds. The van der Waals surface area contributed by atoms with Crippen molar-refractivity contribution in [2.75, 3.05) is 6.61 Å². The van der Waals surface area contributed by atoms with Gasteiger partial charge in [0.25, 0.3) is 0 Å². The topological polar surface area (TPSA) is 44.8 Å². The van der Waals surface area contributed by atoms with Crippen molar-refractivity contribution >= 4 is 12.0 Å². The van der Waals surface area contributed by atoms with Gasteiger partial charge in [0.05, 0.1) is 12.5 Å². The third-order valence-corrected chi connectivity index (χ3v) is 6.62. The largest absolute Gasteiger partial charge is 0.486 e. The van der Waals surface area contributed by atoms with Gasteiger partial charge in [-0.25, -0.2) is 8.78 Å². The summed E-state index contributed by atoms with van der Waals surface area (Å²) in [5.74, 6) is 0.193. The van der Waals surface area contributed by atoms with E-state index in [0.29, 0.717) is 47.6 Å². The van der Waals surface area contributed by atoms with E-state index < -0.39 is 11.9 Å². The Bertz CT molecular complexity index is 1270. The molecule has 5 rings (SSSR count). The summed E-state index contributed by atoms with van der Waals surface area (Å²) in [4.78, 5) is 11.9. The number of fused-ring (bicyclic) bond motifs is 1. The highest BCUT2D eigenvalue weighted by Gasteiger charge is 2.45.